The molecule has 5 heteroatoms. The predicted octanol–water partition coefficient (Wildman–Crippen LogP) is 4.04. The Kier molecular flexibility index (Phi) is 7.12. The van der Waals surface area contributed by atoms with E-state index in [0.29, 0.717) is 19.6 Å². The number of aliphatic hydroxyl groups excluding tert-OH is 1. The van der Waals surface area contributed by atoms with Gasteiger partial charge in [-0.3, -0.25) is 4.90 Å². The highest BCUT2D eigenvalue weighted by molar-refractivity contribution is 5.28. The number of hydrogen-bond acceptors (Lipinski definition) is 5. The summed E-state index contributed by atoms with van der Waals surface area (Å²) in [7, 11) is 1.66. The van der Waals surface area contributed by atoms with Crippen LogP contribution in [0.5, 0.6) is 11.5 Å². The zero-order valence-electron chi connectivity index (χ0n) is 16.4. The summed E-state index contributed by atoms with van der Waals surface area (Å²) in [5.74, 6) is 2.46. The SMILES string of the molecule is COc1ccc(CN(Cc2ccco2)CC(O)COc2cccc(C)c2)cc1. The highest BCUT2D eigenvalue weighted by atomic mass is 16.5. The standard InChI is InChI=1S/C23H27NO4/c1-18-5-3-6-22(13-18)28-17-20(25)15-24(16-23-7-4-12-27-23)14-19-8-10-21(26-2)11-9-19/h3-13,20,25H,14-17H2,1-2H3. The molecule has 2 aromatic carbocycles. The van der Waals surface area contributed by atoms with Crippen molar-refractivity contribution < 1.29 is 19.0 Å². The quantitative estimate of drug-likeness (QED) is 0.574. The van der Waals surface area contributed by atoms with Gasteiger partial charge in [0.1, 0.15) is 30.0 Å². The first-order chi connectivity index (χ1) is 13.6. The molecule has 0 aliphatic rings. The van der Waals surface area contributed by atoms with Gasteiger partial charge in [0.2, 0.25) is 0 Å². The van der Waals surface area contributed by atoms with Gasteiger partial charge in [0, 0.05) is 13.1 Å². The number of aryl methyl sites for hydroxylation is 1. The highest BCUT2D eigenvalue weighted by Gasteiger charge is 2.15. The molecule has 0 aliphatic carbocycles. The maximum atomic E-state index is 10.5. The Bertz CT molecular complexity index is 830. The van der Waals surface area contributed by atoms with Gasteiger partial charge >= 0.3 is 0 Å². The lowest BCUT2D eigenvalue weighted by Gasteiger charge is -2.24. The third kappa shape index (κ3) is 6.15. The molecule has 0 spiro atoms. The maximum absolute atomic E-state index is 10.5. The first-order valence-electron chi connectivity index (χ1n) is 9.37. The third-order valence-corrected chi connectivity index (χ3v) is 4.43. The molecular formula is C23H27NO4. The summed E-state index contributed by atoms with van der Waals surface area (Å²) in [6.45, 7) is 4.02. The van der Waals surface area contributed by atoms with Gasteiger partial charge < -0.3 is 19.0 Å². The Labute approximate surface area is 166 Å². The second kappa shape index (κ2) is 9.97. The van der Waals surface area contributed by atoms with Crippen molar-refractivity contribution in [2.24, 2.45) is 0 Å². The van der Waals surface area contributed by atoms with Crippen LogP contribution in [0.2, 0.25) is 0 Å². The van der Waals surface area contributed by atoms with E-state index in [1.807, 2.05) is 67.6 Å². The summed E-state index contributed by atoms with van der Waals surface area (Å²) >= 11 is 0. The number of aliphatic hydroxyl groups is 1. The summed E-state index contributed by atoms with van der Waals surface area (Å²) in [5, 5.41) is 10.5. The molecule has 0 bridgehead atoms. The molecule has 0 fully saturated rings. The highest BCUT2D eigenvalue weighted by Crippen LogP contribution is 2.16. The molecule has 0 saturated carbocycles. The monoisotopic (exact) mass is 381 g/mol. The smallest absolute Gasteiger partial charge is 0.119 e. The van der Waals surface area contributed by atoms with Crippen LogP contribution in [-0.4, -0.2) is 36.4 Å². The van der Waals surface area contributed by atoms with Gasteiger partial charge in [-0.05, 0) is 54.4 Å². The average Bonchev–Trinajstić information content (AvgIpc) is 3.20. The molecule has 1 N–H and O–H groups in total. The van der Waals surface area contributed by atoms with E-state index in [2.05, 4.69) is 4.90 Å². The number of hydrogen-bond donors (Lipinski definition) is 1. The molecule has 1 heterocycles. The largest absolute Gasteiger partial charge is 0.497 e. The molecule has 148 valence electrons. The zero-order chi connectivity index (χ0) is 19.8. The van der Waals surface area contributed by atoms with Gasteiger partial charge in [0.05, 0.1) is 19.9 Å². The fourth-order valence-electron chi connectivity index (χ4n) is 3.05. The van der Waals surface area contributed by atoms with Crippen molar-refractivity contribution in [1.82, 2.24) is 4.90 Å². The van der Waals surface area contributed by atoms with Crippen LogP contribution in [0.25, 0.3) is 0 Å². The number of furan rings is 1. The molecule has 5 nitrogen and oxygen atoms in total. The van der Waals surface area contributed by atoms with E-state index in [9.17, 15) is 5.11 Å². The van der Waals surface area contributed by atoms with Crippen molar-refractivity contribution in [3.05, 3.63) is 83.8 Å². The van der Waals surface area contributed by atoms with Gasteiger partial charge in [-0.1, -0.05) is 24.3 Å². The molecule has 0 amide bonds. The maximum Gasteiger partial charge on any atom is 0.119 e. The van der Waals surface area contributed by atoms with Gasteiger partial charge in [-0.2, -0.15) is 0 Å². The topological polar surface area (TPSA) is 55.1 Å². The van der Waals surface area contributed by atoms with Crippen LogP contribution < -0.4 is 9.47 Å². The molecule has 3 rings (SSSR count). The van der Waals surface area contributed by atoms with Crippen LogP contribution in [0.4, 0.5) is 0 Å². The first-order valence-corrected chi connectivity index (χ1v) is 9.37. The number of nitrogens with zero attached hydrogens (tertiary/aromatic N) is 1. The van der Waals surface area contributed by atoms with Gasteiger partial charge in [0.25, 0.3) is 0 Å². The normalized spacial score (nSPS) is 12.1. The van der Waals surface area contributed by atoms with E-state index in [1.54, 1.807) is 13.4 Å². The summed E-state index contributed by atoms with van der Waals surface area (Å²) < 4.78 is 16.5. The van der Waals surface area contributed by atoms with Crippen LogP contribution in [0.1, 0.15) is 16.9 Å². The second-order valence-electron chi connectivity index (χ2n) is 6.88. The van der Waals surface area contributed by atoms with Crippen LogP contribution in [0, 0.1) is 6.92 Å². The Balaban J connectivity index is 1.60. The van der Waals surface area contributed by atoms with Crippen molar-refractivity contribution in [3.8, 4) is 11.5 Å². The Morgan fingerprint density at radius 3 is 2.50 bits per heavy atom. The van der Waals surface area contributed by atoms with E-state index in [4.69, 9.17) is 13.9 Å². The summed E-state index contributed by atoms with van der Waals surface area (Å²) in [6, 6.07) is 19.6. The Hall–Kier alpha value is -2.76. The van der Waals surface area contributed by atoms with E-state index in [1.165, 1.54) is 0 Å². The lowest BCUT2D eigenvalue weighted by atomic mass is 10.2. The Morgan fingerprint density at radius 2 is 1.82 bits per heavy atom. The van der Waals surface area contributed by atoms with Gasteiger partial charge in [0.15, 0.2) is 0 Å². The summed E-state index contributed by atoms with van der Waals surface area (Å²) in [5.41, 5.74) is 2.27. The van der Waals surface area contributed by atoms with Crippen molar-refractivity contribution in [2.75, 3.05) is 20.3 Å². The van der Waals surface area contributed by atoms with Crippen molar-refractivity contribution >= 4 is 0 Å². The van der Waals surface area contributed by atoms with Crippen molar-refractivity contribution in [3.63, 3.8) is 0 Å². The zero-order valence-corrected chi connectivity index (χ0v) is 16.4. The molecule has 3 aromatic rings. The summed E-state index contributed by atoms with van der Waals surface area (Å²) in [4.78, 5) is 2.14. The molecule has 0 aliphatic heterocycles. The fourth-order valence-corrected chi connectivity index (χ4v) is 3.05. The predicted molar refractivity (Wildman–Crippen MR) is 108 cm³/mol. The number of rotatable bonds is 10. The lowest BCUT2D eigenvalue weighted by molar-refractivity contribution is 0.0604. The van der Waals surface area contributed by atoms with Crippen molar-refractivity contribution in [2.45, 2.75) is 26.1 Å². The van der Waals surface area contributed by atoms with Gasteiger partial charge in [-0.25, -0.2) is 0 Å². The summed E-state index contributed by atoms with van der Waals surface area (Å²) in [6.07, 6.45) is 1.05. The van der Waals surface area contributed by atoms with Crippen LogP contribution >= 0.6 is 0 Å². The van der Waals surface area contributed by atoms with Gasteiger partial charge in [-0.15, -0.1) is 0 Å². The minimum Gasteiger partial charge on any atom is -0.497 e. The van der Waals surface area contributed by atoms with E-state index >= 15 is 0 Å². The minimum absolute atomic E-state index is 0.237. The van der Waals surface area contributed by atoms with E-state index in [-0.39, 0.29) is 6.61 Å². The molecule has 1 unspecified atom stereocenters. The molecule has 0 radical (unpaired) electrons. The first kappa shape index (κ1) is 20.0. The average molecular weight is 381 g/mol. The third-order valence-electron chi connectivity index (χ3n) is 4.43. The molecule has 0 saturated heterocycles. The number of ether oxygens (including phenoxy) is 2. The Morgan fingerprint density at radius 1 is 1.00 bits per heavy atom. The number of benzene rings is 2. The van der Waals surface area contributed by atoms with E-state index < -0.39 is 6.10 Å². The number of methoxy groups -OCH3 is 1. The molecular weight excluding hydrogens is 354 g/mol. The lowest BCUT2D eigenvalue weighted by Crippen LogP contribution is -2.35. The van der Waals surface area contributed by atoms with Crippen LogP contribution in [0.15, 0.2) is 71.3 Å². The fraction of sp³-hybridized carbons (Fsp3) is 0.304. The van der Waals surface area contributed by atoms with Crippen molar-refractivity contribution in [1.29, 1.82) is 0 Å². The molecule has 1 atom stereocenters. The second-order valence-corrected chi connectivity index (χ2v) is 6.88. The molecule has 28 heavy (non-hydrogen) atoms. The van der Waals surface area contributed by atoms with Crippen LogP contribution in [0.3, 0.4) is 0 Å². The van der Waals surface area contributed by atoms with E-state index in [0.717, 1.165) is 28.4 Å². The minimum atomic E-state index is -0.617. The van der Waals surface area contributed by atoms with Crippen LogP contribution in [-0.2, 0) is 13.1 Å². The molecule has 1 aromatic heterocycles.